The SMILES string of the molecule is CC(C)N(C)C(=O)[C@H]1CC(C2c3ncc(Br)cc3CCc3cc(Cl)cc(Br)c32)CCN1C. The number of fused-ring (bicyclic) bond motifs is 2. The summed E-state index contributed by atoms with van der Waals surface area (Å²) in [6, 6.07) is 6.39. The molecule has 1 aliphatic heterocycles. The van der Waals surface area contributed by atoms with Crippen LogP contribution in [-0.2, 0) is 17.6 Å². The lowest BCUT2D eigenvalue weighted by Gasteiger charge is -2.41. The molecule has 2 unspecified atom stereocenters. The first-order valence-corrected chi connectivity index (χ1v) is 13.2. The molecule has 0 spiro atoms. The number of nitrogens with zero attached hydrogens (tertiary/aromatic N) is 3. The summed E-state index contributed by atoms with van der Waals surface area (Å²) in [6.07, 6.45) is 5.62. The monoisotopic (exact) mass is 581 g/mol. The third kappa shape index (κ3) is 4.66. The summed E-state index contributed by atoms with van der Waals surface area (Å²) in [6.45, 7) is 5.03. The average Bonchev–Trinajstić information content (AvgIpc) is 2.90. The number of likely N-dealkylation sites (N-methyl/N-ethyl adjacent to an activating group) is 2. The molecule has 1 fully saturated rings. The van der Waals surface area contributed by atoms with Gasteiger partial charge in [-0.15, -0.1) is 0 Å². The predicted molar refractivity (Wildman–Crippen MR) is 137 cm³/mol. The highest BCUT2D eigenvalue weighted by Gasteiger charge is 2.40. The van der Waals surface area contributed by atoms with E-state index in [4.69, 9.17) is 16.6 Å². The van der Waals surface area contributed by atoms with Crippen LogP contribution in [0, 0.1) is 5.92 Å². The fourth-order valence-corrected chi connectivity index (χ4v) is 6.72. The van der Waals surface area contributed by atoms with E-state index in [-0.39, 0.29) is 23.9 Å². The van der Waals surface area contributed by atoms with Crippen LogP contribution in [0.5, 0.6) is 0 Å². The zero-order valence-corrected chi connectivity index (χ0v) is 23.0. The molecule has 2 heterocycles. The molecule has 172 valence electrons. The highest BCUT2D eigenvalue weighted by molar-refractivity contribution is 9.10. The van der Waals surface area contributed by atoms with E-state index in [0.29, 0.717) is 5.92 Å². The first-order valence-electron chi connectivity index (χ1n) is 11.3. The number of rotatable bonds is 3. The maximum absolute atomic E-state index is 13.3. The zero-order valence-electron chi connectivity index (χ0n) is 19.0. The smallest absolute Gasteiger partial charge is 0.239 e. The average molecular weight is 584 g/mol. The first kappa shape index (κ1) is 24.2. The number of amides is 1. The van der Waals surface area contributed by atoms with E-state index < -0.39 is 0 Å². The number of hydrogen-bond donors (Lipinski definition) is 0. The number of aryl methyl sites for hydroxylation is 2. The van der Waals surface area contributed by atoms with E-state index >= 15 is 0 Å². The Hall–Kier alpha value is -0.950. The lowest BCUT2D eigenvalue weighted by atomic mass is 9.74. The molecule has 4 rings (SSSR count). The van der Waals surface area contributed by atoms with Crippen LogP contribution in [-0.4, -0.2) is 53.4 Å². The molecule has 3 atom stereocenters. The van der Waals surface area contributed by atoms with Crippen molar-refractivity contribution < 1.29 is 4.79 Å². The second-order valence-electron chi connectivity index (χ2n) is 9.46. The van der Waals surface area contributed by atoms with Gasteiger partial charge in [-0.1, -0.05) is 27.5 Å². The van der Waals surface area contributed by atoms with E-state index in [0.717, 1.165) is 51.9 Å². The van der Waals surface area contributed by atoms with Gasteiger partial charge in [0, 0.05) is 39.2 Å². The van der Waals surface area contributed by atoms with Gasteiger partial charge < -0.3 is 4.90 Å². The van der Waals surface area contributed by atoms with Gasteiger partial charge in [-0.2, -0.15) is 0 Å². The van der Waals surface area contributed by atoms with Gasteiger partial charge in [0.15, 0.2) is 0 Å². The van der Waals surface area contributed by atoms with Crippen molar-refractivity contribution >= 4 is 49.4 Å². The van der Waals surface area contributed by atoms with Crippen LogP contribution >= 0.6 is 43.5 Å². The van der Waals surface area contributed by atoms with Crippen molar-refractivity contribution in [1.29, 1.82) is 0 Å². The van der Waals surface area contributed by atoms with Gasteiger partial charge in [-0.3, -0.25) is 14.7 Å². The van der Waals surface area contributed by atoms with Gasteiger partial charge >= 0.3 is 0 Å². The number of benzene rings is 1. The molecule has 0 N–H and O–H groups in total. The highest BCUT2D eigenvalue weighted by Crippen LogP contribution is 2.47. The third-order valence-corrected chi connectivity index (χ3v) is 8.51. The lowest BCUT2D eigenvalue weighted by molar-refractivity contribution is -0.138. The van der Waals surface area contributed by atoms with Crippen molar-refractivity contribution in [3.8, 4) is 0 Å². The normalized spacial score (nSPS) is 23.4. The number of hydrogen-bond acceptors (Lipinski definition) is 3. The molecule has 1 amide bonds. The van der Waals surface area contributed by atoms with Crippen LogP contribution in [0.25, 0.3) is 0 Å². The van der Waals surface area contributed by atoms with Crippen molar-refractivity contribution in [1.82, 2.24) is 14.8 Å². The number of carbonyl (C=O) groups is 1. The zero-order chi connectivity index (χ0) is 23.2. The molecule has 32 heavy (non-hydrogen) atoms. The van der Waals surface area contributed by atoms with Crippen LogP contribution in [0.4, 0.5) is 0 Å². The van der Waals surface area contributed by atoms with Crippen molar-refractivity contribution in [2.75, 3.05) is 20.6 Å². The van der Waals surface area contributed by atoms with Gasteiger partial charge in [0.2, 0.25) is 5.91 Å². The standard InChI is InChI=1S/C25H30Br2ClN3O/c1-14(2)31(4)25(32)21-11-16(7-8-30(21)3)23-22-15(10-19(28)12-20(22)27)5-6-17-9-18(26)13-29-24(17)23/h9-10,12-14,16,21,23H,5-8,11H2,1-4H3/t16?,21-,23?/m1/s1. The van der Waals surface area contributed by atoms with Gasteiger partial charge in [0.1, 0.15) is 0 Å². The van der Waals surface area contributed by atoms with Crippen LogP contribution in [0.15, 0.2) is 33.3 Å². The fourth-order valence-electron chi connectivity index (χ4n) is 5.22. The van der Waals surface area contributed by atoms with Gasteiger partial charge in [0.25, 0.3) is 0 Å². The first-order chi connectivity index (χ1) is 15.2. The number of likely N-dealkylation sites (tertiary alicyclic amines) is 1. The largest absolute Gasteiger partial charge is 0.342 e. The summed E-state index contributed by atoms with van der Waals surface area (Å²) >= 11 is 13.9. The minimum absolute atomic E-state index is 0.113. The van der Waals surface area contributed by atoms with Crippen molar-refractivity contribution in [3.05, 3.63) is 60.7 Å². The molecule has 2 aromatic rings. The second kappa shape index (κ2) is 9.73. The summed E-state index contributed by atoms with van der Waals surface area (Å²) in [5.74, 6) is 0.665. The summed E-state index contributed by atoms with van der Waals surface area (Å²) in [5.41, 5.74) is 5.00. The topological polar surface area (TPSA) is 36.4 Å². The summed E-state index contributed by atoms with van der Waals surface area (Å²) < 4.78 is 2.05. The number of piperidine rings is 1. The fraction of sp³-hybridized carbons (Fsp3) is 0.520. The number of carbonyl (C=O) groups excluding carboxylic acids is 1. The van der Waals surface area contributed by atoms with E-state index in [2.05, 4.69) is 69.8 Å². The van der Waals surface area contributed by atoms with E-state index in [1.165, 1.54) is 16.7 Å². The van der Waals surface area contributed by atoms with Crippen LogP contribution in [0.2, 0.25) is 5.02 Å². The quantitative estimate of drug-likeness (QED) is 0.440. The van der Waals surface area contributed by atoms with Gasteiger partial charge in [0.05, 0.1) is 11.7 Å². The van der Waals surface area contributed by atoms with Crippen molar-refractivity contribution in [2.45, 2.75) is 57.5 Å². The molecule has 4 nitrogen and oxygen atoms in total. The van der Waals surface area contributed by atoms with Crippen LogP contribution in [0.1, 0.15) is 55.0 Å². The summed E-state index contributed by atoms with van der Waals surface area (Å²) in [7, 11) is 3.99. The Labute approximate surface area is 213 Å². The van der Waals surface area contributed by atoms with Gasteiger partial charge in [-0.25, -0.2) is 0 Å². The maximum atomic E-state index is 13.3. The molecule has 1 aromatic heterocycles. The highest BCUT2D eigenvalue weighted by atomic mass is 79.9. The predicted octanol–water partition coefficient (Wildman–Crippen LogP) is 6.07. The Bertz CT molecular complexity index is 1030. The Kier molecular flexibility index (Phi) is 7.35. The number of aromatic nitrogens is 1. The minimum atomic E-state index is -0.113. The Morgan fingerprint density at radius 3 is 2.66 bits per heavy atom. The van der Waals surface area contributed by atoms with E-state index in [9.17, 15) is 4.79 Å². The van der Waals surface area contributed by atoms with E-state index in [1.807, 2.05) is 24.2 Å². The third-order valence-electron chi connectivity index (χ3n) is 7.21. The summed E-state index contributed by atoms with van der Waals surface area (Å²) in [5, 5.41) is 0.754. The molecule has 1 aliphatic carbocycles. The molecule has 0 bridgehead atoms. The van der Waals surface area contributed by atoms with Crippen LogP contribution < -0.4 is 0 Å². The molecule has 1 saturated heterocycles. The Morgan fingerprint density at radius 1 is 1.22 bits per heavy atom. The van der Waals surface area contributed by atoms with Crippen molar-refractivity contribution in [3.63, 3.8) is 0 Å². The minimum Gasteiger partial charge on any atom is -0.342 e. The summed E-state index contributed by atoms with van der Waals surface area (Å²) in [4.78, 5) is 22.4. The van der Waals surface area contributed by atoms with Crippen LogP contribution in [0.3, 0.4) is 0 Å². The van der Waals surface area contributed by atoms with E-state index in [1.54, 1.807) is 0 Å². The molecule has 1 aromatic carbocycles. The molecule has 0 saturated carbocycles. The molecule has 2 aliphatic rings. The molecule has 0 radical (unpaired) electrons. The Morgan fingerprint density at radius 2 is 1.94 bits per heavy atom. The van der Waals surface area contributed by atoms with Crippen molar-refractivity contribution in [2.24, 2.45) is 5.92 Å². The van der Waals surface area contributed by atoms with Gasteiger partial charge in [-0.05, 0) is 110 Å². The lowest BCUT2D eigenvalue weighted by Crippen LogP contribution is -2.52. The Balaban J connectivity index is 1.79. The second-order valence-corrected chi connectivity index (χ2v) is 11.7. The molecular formula is C25H30Br2ClN3O. The molecular weight excluding hydrogens is 554 g/mol. The molecule has 7 heteroatoms. The number of pyridine rings is 1. The maximum Gasteiger partial charge on any atom is 0.239 e. The number of halogens is 3.